The van der Waals surface area contributed by atoms with E-state index < -0.39 is 10.1 Å². The van der Waals surface area contributed by atoms with E-state index in [0.29, 0.717) is 6.42 Å². The first-order chi connectivity index (χ1) is 11.4. The summed E-state index contributed by atoms with van der Waals surface area (Å²) in [5.74, 6) is -0.253. The van der Waals surface area contributed by atoms with Crippen LogP contribution >= 0.6 is 0 Å². The molecule has 1 aromatic rings. The summed E-state index contributed by atoms with van der Waals surface area (Å²) in [6.45, 7) is 2.21. The molecule has 136 valence electrons. The number of hydrogen-bond donors (Lipinski definition) is 1. The van der Waals surface area contributed by atoms with Crippen LogP contribution in [0.2, 0.25) is 0 Å². The zero-order chi connectivity index (χ0) is 17.8. The molecule has 0 saturated heterocycles. The SMILES string of the molecule is CCCCCCCCCCCC(=O)Oc1cccc(S(=O)(=O)O)c1. The number of hydrogen-bond acceptors (Lipinski definition) is 4. The first-order valence-electron chi connectivity index (χ1n) is 8.71. The second kappa shape index (κ2) is 11.2. The zero-order valence-electron chi connectivity index (χ0n) is 14.4. The van der Waals surface area contributed by atoms with Gasteiger partial charge in [0, 0.05) is 12.5 Å². The Morgan fingerprint density at radius 3 is 2.17 bits per heavy atom. The molecule has 0 aliphatic carbocycles. The lowest BCUT2D eigenvalue weighted by Crippen LogP contribution is -2.08. The first kappa shape index (κ1) is 20.6. The van der Waals surface area contributed by atoms with E-state index in [-0.39, 0.29) is 16.6 Å². The average molecular weight is 356 g/mol. The molecule has 0 bridgehead atoms. The summed E-state index contributed by atoms with van der Waals surface area (Å²) >= 11 is 0. The van der Waals surface area contributed by atoms with E-state index in [9.17, 15) is 13.2 Å². The topological polar surface area (TPSA) is 80.7 Å². The van der Waals surface area contributed by atoms with Gasteiger partial charge in [-0.2, -0.15) is 8.42 Å². The molecule has 0 aromatic heterocycles. The normalized spacial score (nSPS) is 11.4. The van der Waals surface area contributed by atoms with Crippen molar-refractivity contribution >= 4 is 16.1 Å². The van der Waals surface area contributed by atoms with Crippen molar-refractivity contribution in [2.75, 3.05) is 0 Å². The van der Waals surface area contributed by atoms with Crippen LogP contribution in [0.4, 0.5) is 0 Å². The highest BCUT2D eigenvalue weighted by Gasteiger charge is 2.11. The number of carbonyl (C=O) groups is 1. The van der Waals surface area contributed by atoms with Crippen molar-refractivity contribution in [1.29, 1.82) is 0 Å². The van der Waals surface area contributed by atoms with Gasteiger partial charge in [0.2, 0.25) is 0 Å². The Kier molecular flexibility index (Phi) is 9.64. The third kappa shape index (κ3) is 9.03. The van der Waals surface area contributed by atoms with Crippen LogP contribution in [-0.2, 0) is 14.9 Å². The lowest BCUT2D eigenvalue weighted by Gasteiger charge is -2.06. The first-order valence-corrected chi connectivity index (χ1v) is 10.2. The van der Waals surface area contributed by atoms with Crippen LogP contribution in [0.1, 0.15) is 71.1 Å². The second-order valence-electron chi connectivity index (χ2n) is 6.00. The molecule has 0 fully saturated rings. The minimum absolute atomic E-state index is 0.131. The molecule has 0 aliphatic rings. The van der Waals surface area contributed by atoms with Crippen molar-refractivity contribution in [3.05, 3.63) is 24.3 Å². The van der Waals surface area contributed by atoms with Crippen molar-refractivity contribution in [2.24, 2.45) is 0 Å². The molecule has 0 atom stereocenters. The van der Waals surface area contributed by atoms with Crippen LogP contribution in [0.5, 0.6) is 5.75 Å². The predicted octanol–water partition coefficient (Wildman–Crippen LogP) is 4.76. The highest BCUT2D eigenvalue weighted by Crippen LogP contribution is 2.18. The molecule has 0 unspecified atom stereocenters. The number of benzene rings is 1. The predicted molar refractivity (Wildman–Crippen MR) is 93.7 cm³/mol. The Morgan fingerprint density at radius 2 is 1.58 bits per heavy atom. The molecule has 6 heteroatoms. The van der Waals surface area contributed by atoms with Gasteiger partial charge in [-0.15, -0.1) is 0 Å². The van der Waals surface area contributed by atoms with Gasteiger partial charge in [-0.1, -0.05) is 64.4 Å². The summed E-state index contributed by atoms with van der Waals surface area (Å²) < 4.78 is 36.2. The van der Waals surface area contributed by atoms with Crippen molar-refractivity contribution in [3.63, 3.8) is 0 Å². The Bertz CT molecular complexity index is 595. The standard InChI is InChI=1S/C18H28O5S/c1-2-3-4-5-6-7-8-9-10-14-18(19)23-16-12-11-13-17(15-16)24(20,21)22/h11-13,15H,2-10,14H2,1H3,(H,20,21,22). The van der Waals surface area contributed by atoms with Gasteiger partial charge < -0.3 is 4.74 Å². The van der Waals surface area contributed by atoms with Gasteiger partial charge in [-0.25, -0.2) is 0 Å². The summed E-state index contributed by atoms with van der Waals surface area (Å²) in [5, 5.41) is 0. The van der Waals surface area contributed by atoms with E-state index in [1.807, 2.05) is 0 Å². The number of carbonyl (C=O) groups excluding carboxylic acids is 1. The van der Waals surface area contributed by atoms with Gasteiger partial charge in [-0.05, 0) is 18.6 Å². The number of esters is 1. The molecular weight excluding hydrogens is 328 g/mol. The third-order valence-electron chi connectivity index (χ3n) is 3.82. The molecular formula is C18H28O5S. The summed E-state index contributed by atoms with van der Waals surface area (Å²) in [6.07, 6.45) is 10.8. The maximum atomic E-state index is 11.7. The van der Waals surface area contributed by atoms with E-state index in [1.165, 1.54) is 56.7 Å². The Labute approximate surface area is 145 Å². The Morgan fingerprint density at radius 1 is 1.00 bits per heavy atom. The minimum Gasteiger partial charge on any atom is -0.426 e. The van der Waals surface area contributed by atoms with Gasteiger partial charge in [0.05, 0.1) is 4.90 Å². The van der Waals surface area contributed by atoms with E-state index in [2.05, 4.69) is 6.92 Å². The van der Waals surface area contributed by atoms with Crippen LogP contribution < -0.4 is 4.74 Å². The minimum atomic E-state index is -4.29. The maximum Gasteiger partial charge on any atom is 0.311 e. The van der Waals surface area contributed by atoms with Crippen molar-refractivity contribution in [3.8, 4) is 5.75 Å². The molecule has 1 aromatic carbocycles. The van der Waals surface area contributed by atoms with Crippen molar-refractivity contribution < 1.29 is 22.5 Å². The number of unbranched alkanes of at least 4 members (excludes halogenated alkanes) is 8. The smallest absolute Gasteiger partial charge is 0.311 e. The fraction of sp³-hybridized carbons (Fsp3) is 0.611. The summed E-state index contributed by atoms with van der Waals surface area (Å²) in [5.41, 5.74) is 0. The van der Waals surface area contributed by atoms with Crippen LogP contribution in [0.15, 0.2) is 29.2 Å². The molecule has 0 saturated carbocycles. The quantitative estimate of drug-likeness (QED) is 0.253. The number of ether oxygens (including phenoxy) is 1. The lowest BCUT2D eigenvalue weighted by atomic mass is 10.1. The van der Waals surface area contributed by atoms with Gasteiger partial charge in [0.15, 0.2) is 0 Å². The second-order valence-corrected chi connectivity index (χ2v) is 7.42. The van der Waals surface area contributed by atoms with Crippen LogP contribution in [0, 0.1) is 0 Å². The number of rotatable bonds is 12. The molecule has 0 amide bonds. The van der Waals surface area contributed by atoms with E-state index in [4.69, 9.17) is 9.29 Å². The molecule has 0 aliphatic heterocycles. The third-order valence-corrected chi connectivity index (χ3v) is 4.67. The summed E-state index contributed by atoms with van der Waals surface area (Å²) in [7, 11) is -4.29. The molecule has 24 heavy (non-hydrogen) atoms. The van der Waals surface area contributed by atoms with Crippen LogP contribution in [0.25, 0.3) is 0 Å². The van der Waals surface area contributed by atoms with E-state index >= 15 is 0 Å². The van der Waals surface area contributed by atoms with Gasteiger partial charge in [-0.3, -0.25) is 9.35 Å². The molecule has 5 nitrogen and oxygen atoms in total. The van der Waals surface area contributed by atoms with Crippen molar-refractivity contribution in [2.45, 2.75) is 76.0 Å². The van der Waals surface area contributed by atoms with Gasteiger partial charge in [0.25, 0.3) is 10.1 Å². The zero-order valence-corrected chi connectivity index (χ0v) is 15.2. The van der Waals surface area contributed by atoms with Gasteiger partial charge in [0.1, 0.15) is 5.75 Å². The highest BCUT2D eigenvalue weighted by molar-refractivity contribution is 7.85. The Balaban J connectivity index is 2.19. The lowest BCUT2D eigenvalue weighted by molar-refractivity contribution is -0.134. The average Bonchev–Trinajstić information content (AvgIpc) is 2.53. The van der Waals surface area contributed by atoms with Crippen molar-refractivity contribution in [1.82, 2.24) is 0 Å². The Hall–Kier alpha value is -1.40. The fourth-order valence-corrected chi connectivity index (χ4v) is 2.98. The largest absolute Gasteiger partial charge is 0.426 e. The molecule has 0 heterocycles. The van der Waals surface area contributed by atoms with E-state index in [0.717, 1.165) is 25.3 Å². The molecule has 1 rings (SSSR count). The van der Waals surface area contributed by atoms with E-state index in [1.54, 1.807) is 0 Å². The maximum absolute atomic E-state index is 11.7. The monoisotopic (exact) mass is 356 g/mol. The highest BCUT2D eigenvalue weighted by atomic mass is 32.2. The van der Waals surface area contributed by atoms with Crippen LogP contribution in [-0.4, -0.2) is 18.9 Å². The fourth-order valence-electron chi connectivity index (χ4n) is 2.46. The summed E-state index contributed by atoms with van der Waals surface area (Å²) in [6, 6.07) is 5.30. The van der Waals surface area contributed by atoms with Crippen LogP contribution in [0.3, 0.4) is 0 Å². The molecule has 1 N–H and O–H groups in total. The molecule has 0 radical (unpaired) electrons. The van der Waals surface area contributed by atoms with Gasteiger partial charge >= 0.3 is 5.97 Å². The molecule has 0 spiro atoms. The summed E-state index contributed by atoms with van der Waals surface area (Å²) in [4.78, 5) is 11.5.